The standard InChI is InChI=1S/C36H33ClN6O4/c1-36(2,3)32-20-33(43(42-32)29-16-9-7-14-26(29)37)41-35(44)40-27-15-8-6-13-24(27)22-11-10-12-23(17-22)47-34-25-18-30(45-4)31(46-5)19-28(25)38-21-39-34/h6-21H,1-5H3,(H2,40,41,44). The smallest absolute Gasteiger partial charge is 0.324 e. The van der Waals surface area contributed by atoms with E-state index >= 15 is 0 Å². The van der Waals surface area contributed by atoms with Crippen molar-refractivity contribution in [3.8, 4) is 39.9 Å². The molecule has 10 nitrogen and oxygen atoms in total. The monoisotopic (exact) mass is 648 g/mol. The molecule has 0 spiro atoms. The number of nitrogens with zero attached hydrogens (tertiary/aromatic N) is 4. The predicted octanol–water partition coefficient (Wildman–Crippen LogP) is 8.89. The number of anilines is 2. The molecule has 11 heteroatoms. The van der Waals surface area contributed by atoms with Crippen LogP contribution in [0, 0.1) is 0 Å². The van der Waals surface area contributed by atoms with Gasteiger partial charge in [-0.15, -0.1) is 0 Å². The van der Waals surface area contributed by atoms with Gasteiger partial charge in [-0.2, -0.15) is 5.10 Å². The number of halogens is 1. The highest BCUT2D eigenvalue weighted by Gasteiger charge is 2.23. The van der Waals surface area contributed by atoms with Crippen LogP contribution in [0.5, 0.6) is 23.1 Å². The summed E-state index contributed by atoms with van der Waals surface area (Å²) in [6.45, 7) is 6.18. The molecule has 6 aromatic rings. The molecule has 0 fully saturated rings. The van der Waals surface area contributed by atoms with Gasteiger partial charge in [0.15, 0.2) is 11.5 Å². The van der Waals surface area contributed by atoms with Crippen LogP contribution in [0.2, 0.25) is 5.02 Å². The summed E-state index contributed by atoms with van der Waals surface area (Å²) in [5.74, 6) is 2.50. The van der Waals surface area contributed by atoms with E-state index in [1.807, 2.05) is 72.8 Å². The minimum atomic E-state index is -0.435. The van der Waals surface area contributed by atoms with Crippen LogP contribution >= 0.6 is 11.6 Å². The van der Waals surface area contributed by atoms with E-state index < -0.39 is 6.03 Å². The first kappa shape index (κ1) is 31.4. The maximum Gasteiger partial charge on any atom is 0.324 e. The normalized spacial score (nSPS) is 11.3. The number of carbonyl (C=O) groups excluding carboxylic acids is 1. The zero-order valence-corrected chi connectivity index (χ0v) is 27.3. The van der Waals surface area contributed by atoms with E-state index in [4.69, 9.17) is 30.9 Å². The number of carbonyl (C=O) groups is 1. The van der Waals surface area contributed by atoms with Gasteiger partial charge >= 0.3 is 6.03 Å². The average Bonchev–Trinajstić information content (AvgIpc) is 3.49. The summed E-state index contributed by atoms with van der Waals surface area (Å²) in [4.78, 5) is 22.2. The molecule has 6 rings (SSSR count). The average molecular weight is 649 g/mol. The molecular formula is C36H33ClN6O4. The van der Waals surface area contributed by atoms with Crippen LogP contribution in [0.15, 0.2) is 97.3 Å². The first-order chi connectivity index (χ1) is 22.6. The minimum Gasteiger partial charge on any atom is -0.493 e. The Morgan fingerprint density at radius 2 is 1.57 bits per heavy atom. The fourth-order valence-electron chi connectivity index (χ4n) is 5.04. The second-order valence-corrected chi connectivity index (χ2v) is 12.1. The molecule has 2 heterocycles. The Bertz CT molecular complexity index is 2090. The number of fused-ring (bicyclic) bond motifs is 1. The van der Waals surface area contributed by atoms with Crippen molar-refractivity contribution in [2.75, 3.05) is 24.9 Å². The van der Waals surface area contributed by atoms with Gasteiger partial charge in [0.2, 0.25) is 5.88 Å². The van der Waals surface area contributed by atoms with E-state index in [1.165, 1.54) is 6.33 Å². The van der Waals surface area contributed by atoms with Crippen molar-refractivity contribution >= 4 is 40.0 Å². The molecule has 2 aromatic heterocycles. The lowest BCUT2D eigenvalue weighted by atomic mass is 9.92. The van der Waals surface area contributed by atoms with Gasteiger partial charge in [-0.25, -0.2) is 19.4 Å². The number of ether oxygens (including phenoxy) is 3. The van der Waals surface area contributed by atoms with Crippen LogP contribution in [-0.2, 0) is 5.41 Å². The maximum atomic E-state index is 13.5. The molecule has 0 atom stereocenters. The molecule has 0 aliphatic rings. The zero-order chi connectivity index (χ0) is 33.1. The topological polar surface area (TPSA) is 112 Å². The lowest BCUT2D eigenvalue weighted by molar-refractivity contribution is 0.262. The maximum absolute atomic E-state index is 13.5. The van der Waals surface area contributed by atoms with Crippen molar-refractivity contribution in [1.29, 1.82) is 0 Å². The fraction of sp³-hybridized carbons (Fsp3) is 0.167. The molecule has 0 aliphatic heterocycles. The zero-order valence-electron chi connectivity index (χ0n) is 26.5. The summed E-state index contributed by atoms with van der Waals surface area (Å²) in [5.41, 5.74) is 4.08. The molecule has 0 radical (unpaired) electrons. The van der Waals surface area contributed by atoms with Crippen molar-refractivity contribution in [1.82, 2.24) is 19.7 Å². The highest BCUT2D eigenvalue weighted by molar-refractivity contribution is 6.32. The Labute approximate surface area is 277 Å². The van der Waals surface area contributed by atoms with E-state index in [1.54, 1.807) is 37.1 Å². The van der Waals surface area contributed by atoms with E-state index in [2.05, 4.69) is 41.4 Å². The molecule has 238 valence electrons. The first-order valence-electron chi connectivity index (χ1n) is 14.8. The van der Waals surface area contributed by atoms with Crippen molar-refractivity contribution < 1.29 is 19.0 Å². The Morgan fingerprint density at radius 1 is 0.830 bits per heavy atom. The number of rotatable bonds is 8. The van der Waals surface area contributed by atoms with Crippen molar-refractivity contribution in [2.24, 2.45) is 0 Å². The number of aromatic nitrogens is 4. The van der Waals surface area contributed by atoms with E-state index in [9.17, 15) is 4.79 Å². The van der Waals surface area contributed by atoms with E-state index in [-0.39, 0.29) is 5.41 Å². The predicted molar refractivity (Wildman–Crippen MR) is 185 cm³/mol. The van der Waals surface area contributed by atoms with Crippen molar-refractivity contribution in [2.45, 2.75) is 26.2 Å². The number of para-hydroxylation sites is 2. The van der Waals surface area contributed by atoms with Crippen LogP contribution in [0.1, 0.15) is 26.5 Å². The second-order valence-electron chi connectivity index (χ2n) is 11.7. The van der Waals surface area contributed by atoms with Gasteiger partial charge in [0.25, 0.3) is 0 Å². The lowest BCUT2D eigenvalue weighted by Crippen LogP contribution is -2.21. The number of nitrogens with one attached hydrogen (secondary N) is 2. The Kier molecular flexibility index (Phi) is 8.69. The Hall–Kier alpha value is -5.61. The van der Waals surface area contributed by atoms with Crippen molar-refractivity contribution in [3.05, 3.63) is 108 Å². The third-order valence-corrected chi connectivity index (χ3v) is 7.76. The summed E-state index contributed by atoms with van der Waals surface area (Å²) in [6, 6.07) is 27.4. The third-order valence-electron chi connectivity index (χ3n) is 7.44. The quantitative estimate of drug-likeness (QED) is 0.169. The van der Waals surface area contributed by atoms with E-state index in [0.29, 0.717) is 56.2 Å². The minimum absolute atomic E-state index is 0.254. The molecule has 0 unspecified atom stereocenters. The highest BCUT2D eigenvalue weighted by atomic mass is 35.5. The molecule has 0 saturated carbocycles. The highest BCUT2D eigenvalue weighted by Crippen LogP contribution is 2.37. The van der Waals surface area contributed by atoms with Crippen LogP contribution in [0.3, 0.4) is 0 Å². The van der Waals surface area contributed by atoms with Gasteiger partial charge in [-0.3, -0.25) is 5.32 Å². The summed E-state index contributed by atoms with van der Waals surface area (Å²) in [5, 5.41) is 11.9. The number of hydrogen-bond donors (Lipinski definition) is 2. The number of hydrogen-bond acceptors (Lipinski definition) is 7. The van der Waals surface area contributed by atoms with Gasteiger partial charge in [-0.1, -0.05) is 74.8 Å². The molecule has 0 aliphatic carbocycles. The fourth-order valence-corrected chi connectivity index (χ4v) is 5.25. The van der Waals surface area contributed by atoms with Crippen LogP contribution < -0.4 is 24.8 Å². The summed E-state index contributed by atoms with van der Waals surface area (Å²) in [6.07, 6.45) is 1.44. The Morgan fingerprint density at radius 3 is 2.34 bits per heavy atom. The molecule has 0 bridgehead atoms. The van der Waals surface area contributed by atoms with Gasteiger partial charge in [0, 0.05) is 23.1 Å². The lowest BCUT2D eigenvalue weighted by Gasteiger charge is -2.15. The van der Waals surface area contributed by atoms with Gasteiger partial charge in [-0.05, 0) is 42.0 Å². The first-order valence-corrected chi connectivity index (χ1v) is 15.2. The number of urea groups is 1. The molecule has 47 heavy (non-hydrogen) atoms. The van der Waals surface area contributed by atoms with Gasteiger partial charge < -0.3 is 19.5 Å². The summed E-state index contributed by atoms with van der Waals surface area (Å²) >= 11 is 6.51. The number of benzene rings is 4. The van der Waals surface area contributed by atoms with E-state index in [0.717, 1.165) is 16.8 Å². The number of amides is 2. The largest absolute Gasteiger partial charge is 0.493 e. The molecule has 2 amide bonds. The van der Waals surface area contributed by atoms with Crippen molar-refractivity contribution in [3.63, 3.8) is 0 Å². The molecule has 4 aromatic carbocycles. The van der Waals surface area contributed by atoms with Gasteiger partial charge in [0.1, 0.15) is 17.9 Å². The van der Waals surface area contributed by atoms with Crippen LogP contribution in [0.4, 0.5) is 16.3 Å². The Balaban J connectivity index is 1.27. The van der Waals surface area contributed by atoms with Crippen LogP contribution in [-0.4, -0.2) is 40.0 Å². The second kappa shape index (κ2) is 13.0. The summed E-state index contributed by atoms with van der Waals surface area (Å²) in [7, 11) is 3.14. The van der Waals surface area contributed by atoms with Crippen LogP contribution in [0.25, 0.3) is 27.7 Å². The number of methoxy groups -OCH3 is 2. The van der Waals surface area contributed by atoms with Gasteiger partial charge in [0.05, 0.1) is 47.2 Å². The SMILES string of the molecule is COc1cc2ncnc(Oc3cccc(-c4ccccc4NC(=O)Nc4cc(C(C)(C)C)nn4-c4ccccc4Cl)c3)c2cc1OC. The molecule has 2 N–H and O–H groups in total. The third kappa shape index (κ3) is 6.68. The molecular weight excluding hydrogens is 616 g/mol. The summed E-state index contributed by atoms with van der Waals surface area (Å²) < 4.78 is 18.8. The molecule has 0 saturated heterocycles.